The SMILES string of the molecule is COc1ccc(OC)c(C(=O)CSc2nnnn2-c2ccccc2OC)c1. The van der Waals surface area contributed by atoms with Gasteiger partial charge in [-0.15, -0.1) is 5.10 Å². The highest BCUT2D eigenvalue weighted by Crippen LogP contribution is 2.28. The number of hydrogen-bond donors (Lipinski definition) is 0. The van der Waals surface area contributed by atoms with Gasteiger partial charge in [-0.2, -0.15) is 4.68 Å². The average molecular weight is 386 g/mol. The molecule has 0 radical (unpaired) electrons. The van der Waals surface area contributed by atoms with E-state index < -0.39 is 0 Å². The van der Waals surface area contributed by atoms with Gasteiger partial charge in [0.25, 0.3) is 0 Å². The first-order valence-corrected chi connectivity index (χ1v) is 8.96. The summed E-state index contributed by atoms with van der Waals surface area (Å²) in [4.78, 5) is 12.7. The number of ether oxygens (including phenoxy) is 3. The quantitative estimate of drug-likeness (QED) is 0.431. The van der Waals surface area contributed by atoms with Crippen molar-refractivity contribution in [3.8, 4) is 22.9 Å². The molecular weight excluding hydrogens is 368 g/mol. The zero-order valence-electron chi connectivity index (χ0n) is 15.1. The van der Waals surface area contributed by atoms with Crippen LogP contribution in [0, 0.1) is 0 Å². The smallest absolute Gasteiger partial charge is 0.214 e. The zero-order valence-corrected chi connectivity index (χ0v) is 15.9. The van der Waals surface area contributed by atoms with E-state index >= 15 is 0 Å². The molecule has 27 heavy (non-hydrogen) atoms. The number of carbonyl (C=O) groups excluding carboxylic acids is 1. The second-order valence-corrected chi connectivity index (χ2v) is 6.27. The molecule has 3 aromatic rings. The van der Waals surface area contributed by atoms with E-state index in [0.717, 1.165) is 0 Å². The number of ketones is 1. The van der Waals surface area contributed by atoms with Gasteiger partial charge in [0.05, 0.1) is 32.6 Å². The van der Waals surface area contributed by atoms with E-state index in [1.54, 1.807) is 37.1 Å². The van der Waals surface area contributed by atoms with Crippen LogP contribution in [0.4, 0.5) is 0 Å². The molecule has 1 heterocycles. The maximum atomic E-state index is 12.7. The molecular formula is C18H18N4O4S. The minimum atomic E-state index is -0.120. The highest BCUT2D eigenvalue weighted by atomic mass is 32.2. The first-order valence-electron chi connectivity index (χ1n) is 7.97. The number of Topliss-reactive ketones (excluding diaryl/α,β-unsaturated/α-hetero) is 1. The Morgan fingerprint density at radius 1 is 1.04 bits per heavy atom. The predicted octanol–water partition coefficient (Wildman–Crippen LogP) is 2.66. The summed E-state index contributed by atoms with van der Waals surface area (Å²) in [5, 5.41) is 12.2. The molecule has 0 fully saturated rings. The summed E-state index contributed by atoms with van der Waals surface area (Å²) in [5.41, 5.74) is 1.14. The summed E-state index contributed by atoms with van der Waals surface area (Å²) < 4.78 is 17.4. The van der Waals surface area contributed by atoms with Crippen LogP contribution in [0.25, 0.3) is 5.69 Å². The number of carbonyl (C=O) groups is 1. The van der Waals surface area contributed by atoms with Crippen molar-refractivity contribution in [3.63, 3.8) is 0 Å². The molecule has 0 amide bonds. The summed E-state index contributed by atoms with van der Waals surface area (Å²) in [6, 6.07) is 12.5. The minimum absolute atomic E-state index is 0.120. The fraction of sp³-hybridized carbons (Fsp3) is 0.222. The molecule has 8 nitrogen and oxygen atoms in total. The third-order valence-corrected chi connectivity index (χ3v) is 4.71. The third kappa shape index (κ3) is 4.03. The Labute approximate surface area is 160 Å². The van der Waals surface area contributed by atoms with Gasteiger partial charge in [-0.25, -0.2) is 0 Å². The van der Waals surface area contributed by atoms with Crippen LogP contribution >= 0.6 is 11.8 Å². The number of para-hydroxylation sites is 2. The molecule has 9 heteroatoms. The van der Waals surface area contributed by atoms with E-state index in [-0.39, 0.29) is 11.5 Å². The Hall–Kier alpha value is -3.07. The number of tetrazole rings is 1. The highest BCUT2D eigenvalue weighted by Gasteiger charge is 2.18. The van der Waals surface area contributed by atoms with Crippen molar-refractivity contribution in [1.29, 1.82) is 0 Å². The van der Waals surface area contributed by atoms with Crippen LogP contribution in [0.3, 0.4) is 0 Å². The Balaban J connectivity index is 1.81. The van der Waals surface area contributed by atoms with Gasteiger partial charge < -0.3 is 14.2 Å². The van der Waals surface area contributed by atoms with Crippen molar-refractivity contribution >= 4 is 17.5 Å². The average Bonchev–Trinajstić information content (AvgIpc) is 3.19. The fourth-order valence-corrected chi connectivity index (χ4v) is 3.23. The van der Waals surface area contributed by atoms with Crippen molar-refractivity contribution < 1.29 is 19.0 Å². The van der Waals surface area contributed by atoms with Crippen molar-refractivity contribution in [2.45, 2.75) is 5.16 Å². The molecule has 2 aromatic carbocycles. The van der Waals surface area contributed by atoms with Crippen molar-refractivity contribution in [1.82, 2.24) is 20.2 Å². The first kappa shape index (κ1) is 18.7. The molecule has 3 rings (SSSR count). The van der Waals surface area contributed by atoms with E-state index in [4.69, 9.17) is 14.2 Å². The predicted molar refractivity (Wildman–Crippen MR) is 100 cm³/mol. The maximum absolute atomic E-state index is 12.7. The summed E-state index contributed by atoms with van der Waals surface area (Å²) in [7, 11) is 4.65. The lowest BCUT2D eigenvalue weighted by Gasteiger charge is -2.10. The molecule has 0 saturated heterocycles. The van der Waals surface area contributed by atoms with Gasteiger partial charge >= 0.3 is 0 Å². The van der Waals surface area contributed by atoms with Gasteiger partial charge in [0.1, 0.15) is 22.9 Å². The van der Waals surface area contributed by atoms with E-state index in [2.05, 4.69) is 15.5 Å². The second kappa shape index (κ2) is 8.54. The number of hydrogen-bond acceptors (Lipinski definition) is 8. The lowest BCUT2D eigenvalue weighted by atomic mass is 10.1. The molecule has 0 spiro atoms. The highest BCUT2D eigenvalue weighted by molar-refractivity contribution is 7.99. The van der Waals surface area contributed by atoms with Crippen molar-refractivity contribution in [2.24, 2.45) is 0 Å². The van der Waals surface area contributed by atoms with Gasteiger partial charge in [-0.1, -0.05) is 23.9 Å². The van der Waals surface area contributed by atoms with Crippen LogP contribution in [0.5, 0.6) is 17.2 Å². The van der Waals surface area contributed by atoms with E-state index in [1.807, 2.05) is 24.3 Å². The minimum Gasteiger partial charge on any atom is -0.497 e. The lowest BCUT2D eigenvalue weighted by molar-refractivity contribution is 0.101. The summed E-state index contributed by atoms with van der Waals surface area (Å²) >= 11 is 1.23. The first-order chi connectivity index (χ1) is 13.2. The Morgan fingerprint density at radius 2 is 1.81 bits per heavy atom. The molecule has 0 aliphatic heterocycles. The van der Waals surface area contributed by atoms with Gasteiger partial charge in [-0.3, -0.25) is 4.79 Å². The topological polar surface area (TPSA) is 88.4 Å². The number of aromatic nitrogens is 4. The van der Waals surface area contributed by atoms with Crippen molar-refractivity contribution in [3.05, 3.63) is 48.0 Å². The molecule has 140 valence electrons. The number of benzene rings is 2. The third-order valence-electron chi connectivity index (χ3n) is 3.79. The van der Waals surface area contributed by atoms with E-state index in [1.165, 1.54) is 18.9 Å². The number of rotatable bonds is 8. The van der Waals surface area contributed by atoms with Gasteiger partial charge in [-0.05, 0) is 40.8 Å². The largest absolute Gasteiger partial charge is 0.497 e. The number of thioether (sulfide) groups is 1. The molecule has 0 bridgehead atoms. The molecule has 0 aliphatic rings. The molecule has 0 saturated carbocycles. The Bertz CT molecular complexity index is 945. The van der Waals surface area contributed by atoms with Gasteiger partial charge in [0, 0.05) is 0 Å². The van der Waals surface area contributed by atoms with E-state index in [9.17, 15) is 4.79 Å². The Morgan fingerprint density at radius 3 is 2.56 bits per heavy atom. The standard InChI is InChI=1S/C18H18N4O4S/c1-24-12-8-9-16(25-2)13(10-12)15(23)11-27-18-19-20-21-22(18)14-6-4-5-7-17(14)26-3/h4-10H,11H2,1-3H3. The number of nitrogens with zero attached hydrogens (tertiary/aromatic N) is 4. The molecule has 0 N–H and O–H groups in total. The summed E-state index contributed by atoms with van der Waals surface area (Å²) in [6.45, 7) is 0. The van der Waals surface area contributed by atoms with Gasteiger partial charge in [0.2, 0.25) is 5.16 Å². The summed E-state index contributed by atoms with van der Waals surface area (Å²) in [6.07, 6.45) is 0. The van der Waals surface area contributed by atoms with Crippen molar-refractivity contribution in [2.75, 3.05) is 27.1 Å². The van der Waals surface area contributed by atoms with Crippen LogP contribution in [-0.4, -0.2) is 53.1 Å². The fourth-order valence-electron chi connectivity index (χ4n) is 2.46. The van der Waals surface area contributed by atoms with Crippen LogP contribution in [-0.2, 0) is 0 Å². The normalized spacial score (nSPS) is 10.5. The van der Waals surface area contributed by atoms with Crippen LogP contribution in [0.15, 0.2) is 47.6 Å². The molecule has 1 aromatic heterocycles. The second-order valence-electron chi connectivity index (χ2n) is 5.32. The zero-order chi connectivity index (χ0) is 19.2. The molecule has 0 aliphatic carbocycles. The van der Waals surface area contributed by atoms with Crippen LogP contribution in [0.1, 0.15) is 10.4 Å². The Kier molecular flexibility index (Phi) is 5.92. The number of methoxy groups -OCH3 is 3. The molecule has 0 unspecified atom stereocenters. The molecule has 0 atom stereocenters. The van der Waals surface area contributed by atoms with Gasteiger partial charge in [0.15, 0.2) is 5.78 Å². The maximum Gasteiger partial charge on any atom is 0.214 e. The lowest BCUT2D eigenvalue weighted by Crippen LogP contribution is -2.07. The monoisotopic (exact) mass is 386 g/mol. The van der Waals surface area contributed by atoms with E-state index in [0.29, 0.717) is 33.7 Å². The van der Waals surface area contributed by atoms with Crippen LogP contribution < -0.4 is 14.2 Å². The van der Waals surface area contributed by atoms with Crippen LogP contribution in [0.2, 0.25) is 0 Å². The summed E-state index contributed by atoms with van der Waals surface area (Å²) in [5.74, 6) is 1.73.